The van der Waals surface area contributed by atoms with Gasteiger partial charge in [-0.1, -0.05) is 6.42 Å². The first-order chi connectivity index (χ1) is 14.1. The molecule has 4 rings (SSSR count). The quantitative estimate of drug-likeness (QED) is 0.609. The van der Waals surface area contributed by atoms with E-state index in [9.17, 15) is 4.79 Å². The smallest absolute Gasteiger partial charge is 0.221 e. The van der Waals surface area contributed by atoms with Gasteiger partial charge in [0.05, 0.1) is 5.69 Å². The molecule has 0 bridgehead atoms. The average molecular weight is 394 g/mol. The second-order valence-corrected chi connectivity index (χ2v) is 7.42. The number of nitrogens with one attached hydrogen (secondary N) is 2. The Morgan fingerprint density at radius 2 is 1.93 bits per heavy atom. The van der Waals surface area contributed by atoms with Crippen LogP contribution < -0.4 is 10.6 Å². The van der Waals surface area contributed by atoms with Crippen LogP contribution in [0.3, 0.4) is 0 Å². The van der Waals surface area contributed by atoms with Crippen molar-refractivity contribution in [1.82, 2.24) is 30.0 Å². The zero-order valence-electron chi connectivity index (χ0n) is 16.7. The highest BCUT2D eigenvalue weighted by molar-refractivity contribution is 5.88. The van der Waals surface area contributed by atoms with Crippen molar-refractivity contribution in [2.75, 3.05) is 10.6 Å². The standard InChI is InChI=1S/C20H26N8O/c1-3-27-20(24-25-26-27)19(18-11-12-21-28(18)13-15-5-4-6-15)23-17-9-7-16(8-10-17)22-14(2)29/h7-12,15,19,23H,3-6,13H2,1-2H3,(H,22,29). The van der Waals surface area contributed by atoms with E-state index >= 15 is 0 Å². The molecule has 1 amide bonds. The van der Waals surface area contributed by atoms with Crippen LogP contribution in [-0.2, 0) is 17.9 Å². The molecule has 1 aromatic carbocycles. The summed E-state index contributed by atoms with van der Waals surface area (Å²) in [6.45, 7) is 5.11. The Labute approximate surface area is 169 Å². The van der Waals surface area contributed by atoms with Crippen LogP contribution in [-0.4, -0.2) is 35.9 Å². The minimum atomic E-state index is -0.237. The lowest BCUT2D eigenvalue weighted by atomic mass is 9.85. The monoisotopic (exact) mass is 394 g/mol. The van der Waals surface area contributed by atoms with Crippen LogP contribution in [0.15, 0.2) is 36.5 Å². The van der Waals surface area contributed by atoms with Crippen molar-refractivity contribution < 1.29 is 4.79 Å². The molecular weight excluding hydrogens is 368 g/mol. The maximum absolute atomic E-state index is 11.3. The molecule has 0 radical (unpaired) electrons. The highest BCUT2D eigenvalue weighted by Crippen LogP contribution is 2.31. The van der Waals surface area contributed by atoms with Crippen molar-refractivity contribution in [3.05, 3.63) is 48.0 Å². The first-order valence-electron chi connectivity index (χ1n) is 10.1. The first-order valence-corrected chi connectivity index (χ1v) is 10.1. The fourth-order valence-corrected chi connectivity index (χ4v) is 3.59. The van der Waals surface area contributed by atoms with Gasteiger partial charge in [0.15, 0.2) is 5.82 Å². The van der Waals surface area contributed by atoms with E-state index in [1.165, 1.54) is 26.2 Å². The lowest BCUT2D eigenvalue weighted by molar-refractivity contribution is -0.114. The van der Waals surface area contributed by atoms with Crippen molar-refractivity contribution in [2.24, 2.45) is 5.92 Å². The summed E-state index contributed by atoms with van der Waals surface area (Å²) < 4.78 is 3.87. The number of nitrogens with zero attached hydrogens (tertiary/aromatic N) is 6. The van der Waals surface area contributed by atoms with Gasteiger partial charge in [-0.25, -0.2) is 4.68 Å². The molecule has 1 atom stereocenters. The predicted molar refractivity (Wildman–Crippen MR) is 109 cm³/mol. The molecule has 1 saturated carbocycles. The number of aryl methyl sites for hydroxylation is 1. The number of hydrogen-bond acceptors (Lipinski definition) is 6. The van der Waals surface area contributed by atoms with Crippen molar-refractivity contribution in [1.29, 1.82) is 0 Å². The number of benzene rings is 1. The van der Waals surface area contributed by atoms with E-state index in [2.05, 4.69) is 35.9 Å². The molecule has 2 heterocycles. The summed E-state index contributed by atoms with van der Waals surface area (Å²) in [6.07, 6.45) is 5.66. The summed E-state index contributed by atoms with van der Waals surface area (Å²) in [7, 11) is 0. The predicted octanol–water partition coefficient (Wildman–Crippen LogP) is 2.85. The molecule has 0 spiro atoms. The second kappa shape index (κ2) is 8.42. The zero-order chi connectivity index (χ0) is 20.2. The van der Waals surface area contributed by atoms with Crippen LogP contribution in [0.4, 0.5) is 11.4 Å². The topological polar surface area (TPSA) is 103 Å². The van der Waals surface area contributed by atoms with Gasteiger partial charge >= 0.3 is 0 Å². The third-order valence-corrected chi connectivity index (χ3v) is 5.33. The molecule has 152 valence electrons. The molecule has 0 aliphatic heterocycles. The Hall–Kier alpha value is -3.23. The third-order valence-electron chi connectivity index (χ3n) is 5.33. The number of carbonyl (C=O) groups excluding carboxylic acids is 1. The summed E-state index contributed by atoms with van der Waals surface area (Å²) in [5, 5.41) is 23.2. The normalized spacial score (nSPS) is 15.0. The van der Waals surface area contributed by atoms with E-state index in [4.69, 9.17) is 0 Å². The van der Waals surface area contributed by atoms with Gasteiger partial charge in [0.2, 0.25) is 5.91 Å². The number of amides is 1. The number of anilines is 2. The van der Waals surface area contributed by atoms with Gasteiger partial charge in [-0.15, -0.1) is 5.10 Å². The number of carbonyl (C=O) groups is 1. The van der Waals surface area contributed by atoms with E-state index in [0.717, 1.165) is 29.4 Å². The molecule has 29 heavy (non-hydrogen) atoms. The van der Waals surface area contributed by atoms with Crippen molar-refractivity contribution in [3.8, 4) is 0 Å². The summed E-state index contributed by atoms with van der Waals surface area (Å²) in [6, 6.07) is 9.40. The van der Waals surface area contributed by atoms with E-state index < -0.39 is 0 Å². The fourth-order valence-electron chi connectivity index (χ4n) is 3.59. The Morgan fingerprint density at radius 1 is 1.17 bits per heavy atom. The lowest BCUT2D eigenvalue weighted by Crippen LogP contribution is -2.25. The molecule has 9 nitrogen and oxygen atoms in total. The molecule has 0 saturated heterocycles. The summed E-state index contributed by atoms with van der Waals surface area (Å²) >= 11 is 0. The van der Waals surface area contributed by atoms with E-state index in [1.807, 2.05) is 43.5 Å². The molecule has 9 heteroatoms. The van der Waals surface area contributed by atoms with Gasteiger partial charge in [-0.2, -0.15) is 5.10 Å². The van der Waals surface area contributed by atoms with Crippen LogP contribution >= 0.6 is 0 Å². The summed E-state index contributed by atoms with van der Waals surface area (Å²) in [4.78, 5) is 11.3. The van der Waals surface area contributed by atoms with Gasteiger partial charge in [-0.3, -0.25) is 9.48 Å². The van der Waals surface area contributed by atoms with Crippen LogP contribution in [0.25, 0.3) is 0 Å². The average Bonchev–Trinajstić information content (AvgIpc) is 3.33. The lowest BCUT2D eigenvalue weighted by Gasteiger charge is -2.27. The fraction of sp³-hybridized carbons (Fsp3) is 0.450. The minimum Gasteiger partial charge on any atom is -0.370 e. The molecule has 2 aromatic heterocycles. The van der Waals surface area contributed by atoms with Crippen LogP contribution in [0, 0.1) is 5.92 Å². The van der Waals surface area contributed by atoms with Gasteiger partial charge in [0.1, 0.15) is 6.04 Å². The van der Waals surface area contributed by atoms with Crippen molar-refractivity contribution in [2.45, 2.75) is 52.2 Å². The van der Waals surface area contributed by atoms with E-state index in [-0.39, 0.29) is 11.9 Å². The SMILES string of the molecule is CCn1nnnc1C(Nc1ccc(NC(C)=O)cc1)c1ccnn1CC1CCC1. The van der Waals surface area contributed by atoms with Crippen LogP contribution in [0.1, 0.15) is 50.7 Å². The van der Waals surface area contributed by atoms with E-state index in [1.54, 1.807) is 4.68 Å². The molecular formula is C20H26N8O. The Bertz CT molecular complexity index is 957. The number of rotatable bonds is 8. The van der Waals surface area contributed by atoms with Gasteiger partial charge in [-0.05, 0) is 66.4 Å². The number of hydrogen-bond donors (Lipinski definition) is 2. The highest BCUT2D eigenvalue weighted by Gasteiger charge is 2.26. The number of tetrazole rings is 1. The second-order valence-electron chi connectivity index (χ2n) is 7.42. The molecule has 1 fully saturated rings. The molecule has 3 aromatic rings. The van der Waals surface area contributed by atoms with Crippen LogP contribution in [0.2, 0.25) is 0 Å². The minimum absolute atomic E-state index is 0.0920. The van der Waals surface area contributed by atoms with Crippen molar-refractivity contribution in [3.63, 3.8) is 0 Å². The largest absolute Gasteiger partial charge is 0.370 e. The Kier molecular flexibility index (Phi) is 5.55. The molecule has 2 N–H and O–H groups in total. The van der Waals surface area contributed by atoms with E-state index in [0.29, 0.717) is 12.5 Å². The van der Waals surface area contributed by atoms with Gasteiger partial charge in [0, 0.05) is 37.6 Å². The zero-order valence-corrected chi connectivity index (χ0v) is 16.7. The molecule has 1 unspecified atom stereocenters. The molecule has 1 aliphatic rings. The summed E-state index contributed by atoms with van der Waals surface area (Å²) in [5.74, 6) is 1.34. The molecule has 1 aliphatic carbocycles. The van der Waals surface area contributed by atoms with Gasteiger partial charge in [0.25, 0.3) is 0 Å². The third kappa shape index (κ3) is 4.28. The highest BCUT2D eigenvalue weighted by atomic mass is 16.1. The van der Waals surface area contributed by atoms with Crippen LogP contribution in [0.5, 0.6) is 0 Å². The van der Waals surface area contributed by atoms with Crippen molar-refractivity contribution >= 4 is 17.3 Å². The maximum atomic E-state index is 11.3. The Balaban J connectivity index is 1.63. The van der Waals surface area contributed by atoms with Gasteiger partial charge < -0.3 is 10.6 Å². The first kappa shape index (κ1) is 19.1. The number of aromatic nitrogens is 6. The Morgan fingerprint density at radius 3 is 2.59 bits per heavy atom. The maximum Gasteiger partial charge on any atom is 0.221 e. The summed E-state index contributed by atoms with van der Waals surface area (Å²) in [5.41, 5.74) is 2.70.